The summed E-state index contributed by atoms with van der Waals surface area (Å²) in [5, 5.41) is 0. The summed E-state index contributed by atoms with van der Waals surface area (Å²) in [6.45, 7) is 0. The molecule has 0 aromatic heterocycles. The second-order valence-corrected chi connectivity index (χ2v) is 3.43. The van der Waals surface area contributed by atoms with Gasteiger partial charge in [-0.2, -0.15) is 0 Å². The third kappa shape index (κ3) is 1.13. The molecule has 0 radical (unpaired) electrons. The first-order valence-corrected chi connectivity index (χ1v) is 4.38. The van der Waals surface area contributed by atoms with E-state index in [4.69, 9.17) is 11.5 Å². The third-order valence-electron chi connectivity index (χ3n) is 2.62. The van der Waals surface area contributed by atoms with Gasteiger partial charge >= 0.3 is 0 Å². The standard InChI is InChI=1S/C10H14N2/c11-9-6-5-7-3-1-2-4-8(7)10(9)12/h1-4,9-10H,5-6,11-12H2/t9-,10+/m1/s1. The molecule has 0 saturated carbocycles. The van der Waals surface area contributed by atoms with Crippen molar-refractivity contribution in [1.82, 2.24) is 0 Å². The summed E-state index contributed by atoms with van der Waals surface area (Å²) in [4.78, 5) is 0. The van der Waals surface area contributed by atoms with Crippen LogP contribution in [0.15, 0.2) is 24.3 Å². The van der Waals surface area contributed by atoms with Crippen molar-refractivity contribution in [3.05, 3.63) is 35.4 Å². The smallest absolute Gasteiger partial charge is 0.0451 e. The lowest BCUT2D eigenvalue weighted by Crippen LogP contribution is -2.37. The lowest BCUT2D eigenvalue weighted by molar-refractivity contribution is 0.481. The zero-order chi connectivity index (χ0) is 8.55. The van der Waals surface area contributed by atoms with Crippen LogP contribution in [0.2, 0.25) is 0 Å². The first-order chi connectivity index (χ1) is 5.79. The molecule has 0 unspecified atom stereocenters. The van der Waals surface area contributed by atoms with Crippen LogP contribution < -0.4 is 11.5 Å². The monoisotopic (exact) mass is 162 g/mol. The van der Waals surface area contributed by atoms with Crippen molar-refractivity contribution in [3.8, 4) is 0 Å². The molecule has 1 aromatic rings. The Kier molecular flexibility index (Phi) is 1.87. The minimum Gasteiger partial charge on any atom is -0.326 e. The van der Waals surface area contributed by atoms with Gasteiger partial charge in [0.25, 0.3) is 0 Å². The van der Waals surface area contributed by atoms with Crippen LogP contribution in [0.4, 0.5) is 0 Å². The number of hydrogen-bond donors (Lipinski definition) is 2. The minimum absolute atomic E-state index is 0.0370. The molecule has 0 bridgehead atoms. The fourth-order valence-electron chi connectivity index (χ4n) is 1.82. The molecular weight excluding hydrogens is 148 g/mol. The summed E-state index contributed by atoms with van der Waals surface area (Å²) >= 11 is 0. The molecule has 0 fully saturated rings. The summed E-state index contributed by atoms with van der Waals surface area (Å²) in [5.74, 6) is 0. The second kappa shape index (κ2) is 2.88. The van der Waals surface area contributed by atoms with Gasteiger partial charge in [-0.3, -0.25) is 0 Å². The van der Waals surface area contributed by atoms with Crippen LogP contribution in [0.25, 0.3) is 0 Å². The van der Waals surface area contributed by atoms with E-state index in [2.05, 4.69) is 18.2 Å². The molecule has 64 valence electrons. The van der Waals surface area contributed by atoms with Crippen LogP contribution in [0.1, 0.15) is 23.6 Å². The lowest BCUT2D eigenvalue weighted by Gasteiger charge is -2.27. The van der Waals surface area contributed by atoms with Crippen molar-refractivity contribution in [1.29, 1.82) is 0 Å². The molecule has 1 aromatic carbocycles. The summed E-state index contributed by atoms with van der Waals surface area (Å²) in [5.41, 5.74) is 14.4. The van der Waals surface area contributed by atoms with Crippen molar-refractivity contribution >= 4 is 0 Å². The predicted octanol–water partition coefficient (Wildman–Crippen LogP) is 0.960. The van der Waals surface area contributed by atoms with Crippen LogP contribution >= 0.6 is 0 Å². The van der Waals surface area contributed by atoms with Gasteiger partial charge in [0.2, 0.25) is 0 Å². The Morgan fingerprint density at radius 2 is 1.92 bits per heavy atom. The number of hydrogen-bond acceptors (Lipinski definition) is 2. The number of fused-ring (bicyclic) bond motifs is 1. The van der Waals surface area contributed by atoms with Crippen LogP contribution in [0.3, 0.4) is 0 Å². The van der Waals surface area contributed by atoms with Crippen molar-refractivity contribution in [2.75, 3.05) is 0 Å². The van der Waals surface area contributed by atoms with E-state index < -0.39 is 0 Å². The Bertz CT molecular complexity index is 283. The molecule has 0 aliphatic heterocycles. The highest BCUT2D eigenvalue weighted by Crippen LogP contribution is 2.26. The van der Waals surface area contributed by atoms with Crippen LogP contribution in [-0.2, 0) is 6.42 Å². The minimum atomic E-state index is 0.0370. The number of aryl methyl sites for hydroxylation is 1. The molecule has 0 saturated heterocycles. The fraction of sp³-hybridized carbons (Fsp3) is 0.400. The maximum Gasteiger partial charge on any atom is 0.0451 e. The first kappa shape index (κ1) is 7.77. The highest BCUT2D eigenvalue weighted by atomic mass is 14.8. The summed E-state index contributed by atoms with van der Waals surface area (Å²) in [6.07, 6.45) is 2.09. The van der Waals surface area contributed by atoms with Crippen molar-refractivity contribution < 1.29 is 0 Å². The Balaban J connectivity index is 2.42. The maximum atomic E-state index is 5.96. The second-order valence-electron chi connectivity index (χ2n) is 3.43. The zero-order valence-corrected chi connectivity index (χ0v) is 7.03. The van der Waals surface area contributed by atoms with Crippen LogP contribution in [-0.4, -0.2) is 6.04 Å². The van der Waals surface area contributed by atoms with Gasteiger partial charge in [-0.15, -0.1) is 0 Å². The molecule has 4 N–H and O–H groups in total. The first-order valence-electron chi connectivity index (χ1n) is 4.38. The molecule has 0 amide bonds. The molecule has 0 heterocycles. The molecular formula is C10H14N2. The van der Waals surface area contributed by atoms with Crippen molar-refractivity contribution in [2.45, 2.75) is 24.9 Å². The van der Waals surface area contributed by atoms with Gasteiger partial charge in [0.05, 0.1) is 0 Å². The topological polar surface area (TPSA) is 52.0 Å². The van der Waals surface area contributed by atoms with Gasteiger partial charge in [-0.05, 0) is 24.0 Å². The quantitative estimate of drug-likeness (QED) is 0.597. The van der Waals surface area contributed by atoms with E-state index in [1.165, 1.54) is 11.1 Å². The van der Waals surface area contributed by atoms with Gasteiger partial charge in [0.15, 0.2) is 0 Å². The fourth-order valence-corrected chi connectivity index (χ4v) is 1.82. The summed E-state index contributed by atoms with van der Waals surface area (Å²) < 4.78 is 0. The van der Waals surface area contributed by atoms with E-state index in [9.17, 15) is 0 Å². The van der Waals surface area contributed by atoms with Gasteiger partial charge in [0.1, 0.15) is 0 Å². The number of benzene rings is 1. The van der Waals surface area contributed by atoms with E-state index >= 15 is 0 Å². The van der Waals surface area contributed by atoms with Gasteiger partial charge in [-0.1, -0.05) is 24.3 Å². The Morgan fingerprint density at radius 3 is 2.75 bits per heavy atom. The lowest BCUT2D eigenvalue weighted by atomic mass is 9.85. The molecule has 0 spiro atoms. The number of nitrogens with two attached hydrogens (primary N) is 2. The van der Waals surface area contributed by atoms with Crippen molar-refractivity contribution in [2.24, 2.45) is 11.5 Å². The Hall–Kier alpha value is -0.860. The van der Waals surface area contributed by atoms with Crippen molar-refractivity contribution in [3.63, 3.8) is 0 Å². The van der Waals surface area contributed by atoms with Gasteiger partial charge < -0.3 is 11.5 Å². The molecule has 1 aliphatic carbocycles. The van der Waals surface area contributed by atoms with Crippen LogP contribution in [0, 0.1) is 0 Å². The highest BCUT2D eigenvalue weighted by Gasteiger charge is 2.22. The normalized spacial score (nSPS) is 28.2. The Labute approximate surface area is 72.6 Å². The van der Waals surface area contributed by atoms with E-state index in [1.54, 1.807) is 0 Å². The summed E-state index contributed by atoms with van der Waals surface area (Å²) in [7, 11) is 0. The van der Waals surface area contributed by atoms with Gasteiger partial charge in [0, 0.05) is 12.1 Å². The van der Waals surface area contributed by atoms with Gasteiger partial charge in [-0.25, -0.2) is 0 Å². The number of rotatable bonds is 0. The van der Waals surface area contributed by atoms with E-state index in [0.29, 0.717) is 0 Å². The third-order valence-corrected chi connectivity index (χ3v) is 2.62. The predicted molar refractivity (Wildman–Crippen MR) is 49.7 cm³/mol. The maximum absolute atomic E-state index is 5.96. The average Bonchev–Trinajstić information content (AvgIpc) is 2.12. The van der Waals surface area contributed by atoms with E-state index in [-0.39, 0.29) is 12.1 Å². The molecule has 1 aliphatic rings. The largest absolute Gasteiger partial charge is 0.326 e. The Morgan fingerprint density at radius 1 is 1.17 bits per heavy atom. The van der Waals surface area contributed by atoms with Crippen LogP contribution in [0.5, 0.6) is 0 Å². The molecule has 2 heteroatoms. The zero-order valence-electron chi connectivity index (χ0n) is 7.03. The molecule has 2 rings (SSSR count). The molecule has 12 heavy (non-hydrogen) atoms. The highest BCUT2D eigenvalue weighted by molar-refractivity contribution is 5.33. The van der Waals surface area contributed by atoms with E-state index in [1.807, 2.05) is 6.07 Å². The molecule has 2 nitrogen and oxygen atoms in total. The average molecular weight is 162 g/mol. The summed E-state index contributed by atoms with van der Waals surface area (Å²) in [6, 6.07) is 8.48. The molecule has 2 atom stereocenters. The van der Waals surface area contributed by atoms with E-state index in [0.717, 1.165) is 12.8 Å². The SMILES string of the molecule is N[C@@H]1CCc2ccccc2[C@@H]1N.